The van der Waals surface area contributed by atoms with Gasteiger partial charge in [0.05, 0.1) is 0 Å². The van der Waals surface area contributed by atoms with E-state index in [9.17, 15) is 13.6 Å². The number of rotatable bonds is 4. The van der Waals surface area contributed by atoms with E-state index in [1.165, 1.54) is 0 Å². The van der Waals surface area contributed by atoms with Crippen LogP contribution in [-0.4, -0.2) is 18.9 Å². The fourth-order valence-electron chi connectivity index (χ4n) is 1.06. The Balaban J connectivity index is 2.32. The molecule has 0 unspecified atom stereocenters. The van der Waals surface area contributed by atoms with Gasteiger partial charge in [-0.05, 0) is 24.1 Å². The third-order valence-electron chi connectivity index (χ3n) is 1.82. The number of hydrogen-bond donors (Lipinski definition) is 1. The summed E-state index contributed by atoms with van der Waals surface area (Å²) in [5.41, 5.74) is 0.939. The molecule has 15 heavy (non-hydrogen) atoms. The normalized spacial score (nSPS) is 10.4. The van der Waals surface area contributed by atoms with Crippen LogP contribution in [0.1, 0.15) is 5.56 Å². The van der Waals surface area contributed by atoms with E-state index >= 15 is 0 Å². The van der Waals surface area contributed by atoms with E-state index in [0.717, 1.165) is 5.56 Å². The third kappa shape index (κ3) is 4.25. The molecule has 0 aliphatic rings. The minimum atomic E-state index is -2.95. The zero-order chi connectivity index (χ0) is 11.3. The van der Waals surface area contributed by atoms with Gasteiger partial charge in [-0.25, -0.2) is 0 Å². The molecule has 0 spiro atoms. The number of carbonyl (C=O) groups excluding carboxylic acids is 1. The SMILES string of the molecule is O=C(NCCc1ccc(Cl)cc1)C(F)F. The van der Waals surface area contributed by atoms with Gasteiger partial charge in [-0.2, -0.15) is 8.78 Å². The highest BCUT2D eigenvalue weighted by atomic mass is 35.5. The lowest BCUT2D eigenvalue weighted by atomic mass is 10.1. The molecule has 1 aromatic carbocycles. The molecule has 0 saturated heterocycles. The molecule has 0 radical (unpaired) electrons. The van der Waals surface area contributed by atoms with Gasteiger partial charge in [-0.15, -0.1) is 0 Å². The summed E-state index contributed by atoms with van der Waals surface area (Å²) in [4.78, 5) is 10.5. The van der Waals surface area contributed by atoms with Gasteiger partial charge in [-0.1, -0.05) is 23.7 Å². The van der Waals surface area contributed by atoms with Crippen molar-refractivity contribution >= 4 is 17.5 Å². The van der Waals surface area contributed by atoms with E-state index < -0.39 is 12.3 Å². The molecule has 0 aliphatic heterocycles. The largest absolute Gasteiger partial charge is 0.351 e. The van der Waals surface area contributed by atoms with Crippen LogP contribution in [0.3, 0.4) is 0 Å². The highest BCUT2D eigenvalue weighted by Crippen LogP contribution is 2.09. The zero-order valence-electron chi connectivity index (χ0n) is 7.84. The molecule has 0 fully saturated rings. The maximum absolute atomic E-state index is 11.8. The van der Waals surface area contributed by atoms with Crippen molar-refractivity contribution < 1.29 is 13.6 Å². The summed E-state index contributed by atoms with van der Waals surface area (Å²) in [5, 5.41) is 2.74. The van der Waals surface area contributed by atoms with Crippen LogP contribution in [0.25, 0.3) is 0 Å². The molecule has 0 saturated carbocycles. The van der Waals surface area contributed by atoms with E-state index in [0.29, 0.717) is 11.4 Å². The average molecular weight is 234 g/mol. The van der Waals surface area contributed by atoms with Crippen LogP contribution < -0.4 is 5.32 Å². The molecule has 0 aliphatic carbocycles. The molecule has 0 bridgehead atoms. The van der Waals surface area contributed by atoms with E-state index in [1.807, 2.05) is 0 Å². The lowest BCUT2D eigenvalue weighted by molar-refractivity contribution is -0.131. The summed E-state index contributed by atoms with van der Waals surface area (Å²) in [6, 6.07) is 7.01. The Morgan fingerprint density at radius 2 is 1.93 bits per heavy atom. The Kier molecular flexibility index (Phi) is 4.49. The van der Waals surface area contributed by atoms with Gasteiger partial charge >= 0.3 is 6.43 Å². The van der Waals surface area contributed by atoms with Crippen molar-refractivity contribution in [2.45, 2.75) is 12.8 Å². The Labute approximate surface area is 91.2 Å². The van der Waals surface area contributed by atoms with Crippen molar-refractivity contribution in [2.24, 2.45) is 0 Å². The maximum atomic E-state index is 11.8. The van der Waals surface area contributed by atoms with Crippen molar-refractivity contribution in [1.29, 1.82) is 0 Å². The molecular weight excluding hydrogens is 224 g/mol. The summed E-state index contributed by atoms with van der Waals surface area (Å²) >= 11 is 5.67. The van der Waals surface area contributed by atoms with E-state index in [4.69, 9.17) is 11.6 Å². The van der Waals surface area contributed by atoms with Gasteiger partial charge in [0.2, 0.25) is 0 Å². The van der Waals surface area contributed by atoms with Gasteiger partial charge < -0.3 is 5.32 Å². The first-order valence-corrected chi connectivity index (χ1v) is 4.77. The molecule has 0 atom stereocenters. The van der Waals surface area contributed by atoms with Gasteiger partial charge in [0.25, 0.3) is 5.91 Å². The second kappa shape index (κ2) is 5.66. The quantitative estimate of drug-likeness (QED) is 0.849. The summed E-state index contributed by atoms with van der Waals surface area (Å²) < 4.78 is 23.6. The van der Waals surface area contributed by atoms with Gasteiger partial charge in [0.15, 0.2) is 0 Å². The molecule has 82 valence electrons. The number of alkyl halides is 2. The number of hydrogen-bond acceptors (Lipinski definition) is 1. The maximum Gasteiger partial charge on any atom is 0.315 e. The van der Waals surface area contributed by atoms with Crippen molar-refractivity contribution in [3.63, 3.8) is 0 Å². The van der Waals surface area contributed by atoms with Crippen molar-refractivity contribution in [1.82, 2.24) is 5.32 Å². The minimum absolute atomic E-state index is 0.199. The molecule has 5 heteroatoms. The Morgan fingerprint density at radius 3 is 2.47 bits per heavy atom. The molecule has 1 amide bonds. The number of benzene rings is 1. The van der Waals surface area contributed by atoms with Gasteiger partial charge in [0, 0.05) is 11.6 Å². The minimum Gasteiger partial charge on any atom is -0.351 e. The molecule has 1 rings (SSSR count). The first-order chi connectivity index (χ1) is 7.09. The summed E-state index contributed by atoms with van der Waals surface area (Å²) in [6.07, 6.45) is -2.44. The highest BCUT2D eigenvalue weighted by molar-refractivity contribution is 6.30. The molecule has 0 aromatic heterocycles. The number of carbonyl (C=O) groups is 1. The lowest BCUT2D eigenvalue weighted by Gasteiger charge is -2.04. The van der Waals surface area contributed by atoms with Gasteiger partial charge in [0.1, 0.15) is 0 Å². The average Bonchev–Trinajstić information content (AvgIpc) is 2.20. The fraction of sp³-hybridized carbons (Fsp3) is 0.300. The summed E-state index contributed by atoms with van der Waals surface area (Å²) in [6.45, 7) is 0.199. The molecular formula is C10H10ClF2NO. The summed E-state index contributed by atoms with van der Waals surface area (Å²) in [5.74, 6) is -1.23. The smallest absolute Gasteiger partial charge is 0.315 e. The van der Waals surface area contributed by atoms with Crippen molar-refractivity contribution in [2.75, 3.05) is 6.54 Å². The Bertz CT molecular complexity index is 327. The second-order valence-corrected chi connectivity index (χ2v) is 3.40. The molecule has 1 aromatic rings. The van der Waals surface area contributed by atoms with Crippen LogP contribution in [0.2, 0.25) is 5.02 Å². The lowest BCUT2D eigenvalue weighted by Crippen LogP contribution is -2.31. The van der Waals surface area contributed by atoms with Crippen molar-refractivity contribution in [3.05, 3.63) is 34.9 Å². The molecule has 2 nitrogen and oxygen atoms in total. The number of amides is 1. The standard InChI is InChI=1S/C10H10ClF2NO/c11-8-3-1-7(2-4-8)5-6-14-10(15)9(12)13/h1-4,9H,5-6H2,(H,14,15). The van der Waals surface area contributed by atoms with Crippen LogP contribution in [0.4, 0.5) is 8.78 Å². The van der Waals surface area contributed by atoms with Crippen LogP contribution in [-0.2, 0) is 11.2 Å². The predicted octanol–water partition coefficient (Wildman–Crippen LogP) is 2.26. The van der Waals surface area contributed by atoms with Crippen LogP contribution in [0.15, 0.2) is 24.3 Å². The number of halogens is 3. The van der Waals surface area contributed by atoms with Crippen LogP contribution >= 0.6 is 11.6 Å². The number of nitrogens with one attached hydrogen (secondary N) is 1. The van der Waals surface area contributed by atoms with Crippen LogP contribution in [0, 0.1) is 0 Å². The molecule has 0 heterocycles. The predicted molar refractivity (Wildman–Crippen MR) is 54.2 cm³/mol. The Morgan fingerprint density at radius 1 is 1.33 bits per heavy atom. The first-order valence-electron chi connectivity index (χ1n) is 4.40. The van der Waals surface area contributed by atoms with Crippen LogP contribution in [0.5, 0.6) is 0 Å². The van der Waals surface area contributed by atoms with Gasteiger partial charge in [-0.3, -0.25) is 4.79 Å². The topological polar surface area (TPSA) is 29.1 Å². The van der Waals surface area contributed by atoms with E-state index in [1.54, 1.807) is 24.3 Å². The second-order valence-electron chi connectivity index (χ2n) is 2.97. The summed E-state index contributed by atoms with van der Waals surface area (Å²) in [7, 11) is 0. The monoisotopic (exact) mass is 233 g/mol. The Hall–Kier alpha value is -1.16. The van der Waals surface area contributed by atoms with Crippen molar-refractivity contribution in [3.8, 4) is 0 Å². The fourth-order valence-corrected chi connectivity index (χ4v) is 1.18. The van der Waals surface area contributed by atoms with E-state index in [2.05, 4.69) is 5.32 Å². The highest BCUT2D eigenvalue weighted by Gasteiger charge is 2.13. The zero-order valence-corrected chi connectivity index (χ0v) is 8.60. The molecule has 1 N–H and O–H groups in total. The third-order valence-corrected chi connectivity index (χ3v) is 2.08. The first kappa shape index (κ1) is 11.9. The van der Waals surface area contributed by atoms with E-state index in [-0.39, 0.29) is 6.54 Å².